The Hall–Kier alpha value is -2.89. The molecule has 2 saturated heterocycles. The molecule has 2 aliphatic heterocycles. The number of hydrogen-bond donors (Lipinski definition) is 1. The van der Waals surface area contributed by atoms with E-state index in [1.165, 1.54) is 6.92 Å². The Morgan fingerprint density at radius 3 is 2.16 bits per heavy atom. The minimum absolute atomic E-state index is 0.103. The number of carbonyl (C=O) groups is 1. The van der Waals surface area contributed by atoms with Crippen molar-refractivity contribution in [2.45, 2.75) is 37.0 Å². The number of likely N-dealkylation sites (tertiary alicyclic amines) is 2. The zero-order valence-electron chi connectivity index (χ0n) is 17.6. The normalized spacial score (nSPS) is 22.2. The fraction of sp³-hybridized carbons (Fsp3) is 0.417. The molecule has 1 amide bonds. The second kappa shape index (κ2) is 8.23. The standard InChI is InChI=1S/C24H24F3N3O2/c1-16(32)29-14-23(15-29)22(21(13-31)30(23)11-10-24(25,26)27)20-8-6-19(7-9-20)18-4-2-17(12-28)3-5-18/h2-9,21-22,31H,10-11,13-15H2,1H3/t21-,22-/m1/s1. The van der Waals surface area contributed by atoms with Crippen LogP contribution in [0.5, 0.6) is 0 Å². The molecule has 1 N–H and O–H groups in total. The van der Waals surface area contributed by atoms with E-state index in [2.05, 4.69) is 6.07 Å². The predicted octanol–water partition coefficient (Wildman–Crippen LogP) is 3.54. The first-order chi connectivity index (χ1) is 15.2. The average molecular weight is 443 g/mol. The highest BCUT2D eigenvalue weighted by Crippen LogP contribution is 2.54. The molecule has 5 nitrogen and oxygen atoms in total. The third-order valence-corrected chi connectivity index (χ3v) is 6.75. The van der Waals surface area contributed by atoms with Gasteiger partial charge in [0, 0.05) is 38.5 Å². The third-order valence-electron chi connectivity index (χ3n) is 6.75. The number of amides is 1. The van der Waals surface area contributed by atoms with Crippen molar-refractivity contribution < 1.29 is 23.1 Å². The Balaban J connectivity index is 1.59. The maximum Gasteiger partial charge on any atom is 0.390 e. The van der Waals surface area contributed by atoms with Crippen LogP contribution in [-0.2, 0) is 4.79 Å². The van der Waals surface area contributed by atoms with Gasteiger partial charge in [-0.25, -0.2) is 0 Å². The van der Waals surface area contributed by atoms with Crippen LogP contribution in [0.25, 0.3) is 11.1 Å². The van der Waals surface area contributed by atoms with Gasteiger partial charge in [-0.15, -0.1) is 0 Å². The number of hydrogen-bond acceptors (Lipinski definition) is 4. The summed E-state index contributed by atoms with van der Waals surface area (Å²) in [5.74, 6) is -0.264. The average Bonchev–Trinajstić information content (AvgIpc) is 2.71. The number of rotatable bonds is 5. The van der Waals surface area contributed by atoms with Crippen LogP contribution in [0.15, 0.2) is 48.5 Å². The molecule has 0 radical (unpaired) electrons. The molecule has 2 fully saturated rings. The molecule has 32 heavy (non-hydrogen) atoms. The van der Waals surface area contributed by atoms with Gasteiger partial charge >= 0.3 is 6.18 Å². The van der Waals surface area contributed by atoms with Crippen LogP contribution < -0.4 is 0 Å². The molecule has 0 saturated carbocycles. The van der Waals surface area contributed by atoms with Crippen molar-refractivity contribution in [1.82, 2.24) is 9.80 Å². The fourth-order valence-electron chi connectivity index (χ4n) is 5.17. The van der Waals surface area contributed by atoms with E-state index < -0.39 is 24.2 Å². The molecular formula is C24H24F3N3O2. The lowest BCUT2D eigenvalue weighted by atomic mass is 9.60. The zero-order valence-corrected chi connectivity index (χ0v) is 17.6. The number of halogens is 3. The smallest absolute Gasteiger partial charge is 0.390 e. The molecule has 0 aliphatic carbocycles. The Labute approximate surface area is 184 Å². The van der Waals surface area contributed by atoms with Crippen LogP contribution in [0.2, 0.25) is 0 Å². The van der Waals surface area contributed by atoms with Gasteiger partial charge in [-0.2, -0.15) is 18.4 Å². The molecule has 2 atom stereocenters. The summed E-state index contributed by atoms with van der Waals surface area (Å²) >= 11 is 0. The van der Waals surface area contributed by atoms with Crippen LogP contribution in [0.3, 0.4) is 0 Å². The Morgan fingerprint density at radius 2 is 1.69 bits per heavy atom. The molecule has 2 heterocycles. The van der Waals surface area contributed by atoms with Gasteiger partial charge in [-0.3, -0.25) is 9.69 Å². The Morgan fingerprint density at radius 1 is 1.12 bits per heavy atom. The summed E-state index contributed by atoms with van der Waals surface area (Å²) in [5.41, 5.74) is 2.84. The van der Waals surface area contributed by atoms with Crippen LogP contribution in [0.1, 0.15) is 30.4 Å². The summed E-state index contributed by atoms with van der Waals surface area (Å²) in [5, 5.41) is 18.9. The first kappa shape index (κ1) is 22.3. The lowest BCUT2D eigenvalue weighted by molar-refractivity contribution is -0.209. The summed E-state index contributed by atoms with van der Waals surface area (Å²) in [6.07, 6.45) is -5.23. The molecule has 0 unspecified atom stereocenters. The third kappa shape index (κ3) is 3.87. The molecule has 168 valence electrons. The van der Waals surface area contributed by atoms with E-state index in [-0.39, 0.29) is 25.0 Å². The van der Waals surface area contributed by atoms with E-state index in [0.29, 0.717) is 18.7 Å². The van der Waals surface area contributed by atoms with Crippen molar-refractivity contribution in [3.63, 3.8) is 0 Å². The van der Waals surface area contributed by atoms with E-state index in [0.717, 1.165) is 16.7 Å². The number of nitriles is 1. The van der Waals surface area contributed by atoms with Crippen LogP contribution >= 0.6 is 0 Å². The summed E-state index contributed by atoms with van der Waals surface area (Å²) in [6.45, 7) is 1.73. The maximum atomic E-state index is 12.9. The monoisotopic (exact) mass is 443 g/mol. The number of aliphatic hydroxyl groups excluding tert-OH is 1. The second-order valence-electron chi connectivity index (χ2n) is 8.58. The topological polar surface area (TPSA) is 67.6 Å². The minimum Gasteiger partial charge on any atom is -0.395 e. The quantitative estimate of drug-likeness (QED) is 0.768. The van der Waals surface area contributed by atoms with Crippen molar-refractivity contribution in [3.8, 4) is 17.2 Å². The van der Waals surface area contributed by atoms with Crippen LogP contribution in [-0.4, -0.2) is 64.8 Å². The van der Waals surface area contributed by atoms with Crippen LogP contribution in [0.4, 0.5) is 13.2 Å². The largest absolute Gasteiger partial charge is 0.395 e. The molecule has 1 spiro atoms. The molecule has 2 aliphatic rings. The number of carbonyl (C=O) groups excluding carboxylic acids is 1. The fourth-order valence-corrected chi connectivity index (χ4v) is 5.17. The maximum absolute atomic E-state index is 12.9. The van der Waals surface area contributed by atoms with Crippen molar-refractivity contribution >= 4 is 5.91 Å². The number of benzene rings is 2. The van der Waals surface area contributed by atoms with Gasteiger partial charge in [0.1, 0.15) is 0 Å². The highest BCUT2D eigenvalue weighted by molar-refractivity contribution is 5.75. The Bertz CT molecular complexity index is 1020. The van der Waals surface area contributed by atoms with Gasteiger partial charge in [-0.1, -0.05) is 36.4 Å². The first-order valence-electron chi connectivity index (χ1n) is 10.5. The Kier molecular flexibility index (Phi) is 5.74. The molecule has 4 rings (SSSR count). The molecule has 2 aromatic rings. The van der Waals surface area contributed by atoms with Gasteiger partial charge in [0.05, 0.1) is 30.2 Å². The molecule has 0 bridgehead atoms. The summed E-state index contributed by atoms with van der Waals surface area (Å²) < 4.78 is 38.7. The van der Waals surface area contributed by atoms with Gasteiger partial charge < -0.3 is 10.0 Å². The van der Waals surface area contributed by atoms with Crippen molar-refractivity contribution in [2.24, 2.45) is 0 Å². The molecule has 0 aromatic heterocycles. The first-order valence-corrected chi connectivity index (χ1v) is 10.5. The zero-order chi connectivity index (χ0) is 23.1. The van der Waals surface area contributed by atoms with Gasteiger partial charge in [0.25, 0.3) is 0 Å². The molecule has 2 aromatic carbocycles. The van der Waals surface area contributed by atoms with E-state index in [1.807, 2.05) is 36.4 Å². The molecular weight excluding hydrogens is 419 g/mol. The molecule has 8 heteroatoms. The summed E-state index contributed by atoms with van der Waals surface area (Å²) in [7, 11) is 0. The van der Waals surface area contributed by atoms with Gasteiger partial charge in [-0.05, 0) is 28.8 Å². The predicted molar refractivity (Wildman–Crippen MR) is 113 cm³/mol. The van der Waals surface area contributed by atoms with Gasteiger partial charge in [0.15, 0.2) is 0 Å². The summed E-state index contributed by atoms with van der Waals surface area (Å²) in [6, 6.07) is 16.7. The highest BCUT2D eigenvalue weighted by atomic mass is 19.4. The van der Waals surface area contributed by atoms with Crippen molar-refractivity contribution in [3.05, 3.63) is 59.7 Å². The van der Waals surface area contributed by atoms with E-state index in [9.17, 15) is 23.1 Å². The van der Waals surface area contributed by atoms with E-state index >= 15 is 0 Å². The number of nitrogens with zero attached hydrogens (tertiary/aromatic N) is 3. The lowest BCUT2D eigenvalue weighted by Crippen LogP contribution is -2.85. The second-order valence-corrected chi connectivity index (χ2v) is 8.58. The SMILES string of the molecule is CC(=O)N1CC2(C1)[C@H](c1ccc(-c3ccc(C#N)cc3)cc1)[C@@H](CO)N2CCC(F)(F)F. The number of alkyl halides is 3. The minimum atomic E-state index is -4.28. The van der Waals surface area contributed by atoms with Crippen molar-refractivity contribution in [1.29, 1.82) is 5.26 Å². The number of aliphatic hydroxyl groups is 1. The van der Waals surface area contributed by atoms with E-state index in [4.69, 9.17) is 5.26 Å². The van der Waals surface area contributed by atoms with Crippen molar-refractivity contribution in [2.75, 3.05) is 26.2 Å². The van der Waals surface area contributed by atoms with Crippen LogP contribution in [0, 0.1) is 11.3 Å². The lowest BCUT2D eigenvalue weighted by Gasteiger charge is -2.70. The van der Waals surface area contributed by atoms with E-state index in [1.54, 1.807) is 21.9 Å². The summed E-state index contributed by atoms with van der Waals surface area (Å²) in [4.78, 5) is 15.1. The highest BCUT2D eigenvalue weighted by Gasteiger charge is 2.66. The van der Waals surface area contributed by atoms with Gasteiger partial charge in [0.2, 0.25) is 5.91 Å².